The highest BCUT2D eigenvalue weighted by atomic mass is 16.5. The molecule has 1 aliphatic rings. The number of hydrogen-bond donors (Lipinski definition) is 1. The van der Waals surface area contributed by atoms with Gasteiger partial charge in [-0.05, 0) is 46.0 Å². The molecule has 0 bridgehead atoms. The van der Waals surface area contributed by atoms with E-state index in [0.29, 0.717) is 6.61 Å². The van der Waals surface area contributed by atoms with Crippen molar-refractivity contribution in [3.8, 4) is 0 Å². The topological polar surface area (TPSA) is 37.9 Å². The summed E-state index contributed by atoms with van der Waals surface area (Å²) in [5, 5.41) is 0. The lowest BCUT2D eigenvalue weighted by Crippen LogP contribution is -2.19. The normalized spacial score (nSPS) is 20.9. The number of rotatable bonds is 2. The zero-order valence-corrected chi connectivity index (χ0v) is 10.8. The van der Waals surface area contributed by atoms with Crippen LogP contribution in [0.15, 0.2) is 0 Å². The van der Waals surface area contributed by atoms with Gasteiger partial charge in [-0.25, -0.2) is 4.98 Å². The van der Waals surface area contributed by atoms with Crippen LogP contribution in [0.1, 0.15) is 51.3 Å². The van der Waals surface area contributed by atoms with Crippen LogP contribution < -0.4 is 0 Å². The van der Waals surface area contributed by atoms with Gasteiger partial charge in [0.25, 0.3) is 0 Å². The molecule has 1 aliphatic carbocycles. The molecule has 3 nitrogen and oxygen atoms in total. The third-order valence-corrected chi connectivity index (χ3v) is 2.98. The van der Waals surface area contributed by atoms with Crippen LogP contribution in [0.3, 0.4) is 0 Å². The number of aryl methyl sites for hydroxylation is 1. The number of aromatic nitrogens is 2. The minimum atomic E-state index is -0.0966. The lowest BCUT2D eigenvalue weighted by atomic mass is 9.92. The van der Waals surface area contributed by atoms with Gasteiger partial charge < -0.3 is 9.72 Å². The Morgan fingerprint density at radius 1 is 1.44 bits per heavy atom. The molecule has 0 aliphatic heterocycles. The summed E-state index contributed by atoms with van der Waals surface area (Å²) in [6.07, 6.45) is 3.51. The summed E-state index contributed by atoms with van der Waals surface area (Å²) in [7, 11) is 0. The van der Waals surface area contributed by atoms with Crippen LogP contribution >= 0.6 is 0 Å². The van der Waals surface area contributed by atoms with Gasteiger partial charge in [-0.2, -0.15) is 0 Å². The van der Waals surface area contributed by atoms with Crippen molar-refractivity contribution in [3.63, 3.8) is 0 Å². The predicted molar refractivity (Wildman–Crippen MR) is 64.3 cm³/mol. The van der Waals surface area contributed by atoms with E-state index in [1.165, 1.54) is 17.8 Å². The Kier molecular flexibility index (Phi) is 3.06. The van der Waals surface area contributed by atoms with Crippen molar-refractivity contribution < 1.29 is 4.74 Å². The molecular formula is C13H22N2O. The van der Waals surface area contributed by atoms with Crippen LogP contribution in [0.2, 0.25) is 0 Å². The van der Waals surface area contributed by atoms with Gasteiger partial charge in [-0.15, -0.1) is 0 Å². The van der Waals surface area contributed by atoms with Crippen molar-refractivity contribution in [2.75, 3.05) is 0 Å². The van der Waals surface area contributed by atoms with Crippen LogP contribution in [0, 0.1) is 5.92 Å². The molecule has 0 amide bonds. The lowest BCUT2D eigenvalue weighted by molar-refractivity contribution is -0.0179. The summed E-state index contributed by atoms with van der Waals surface area (Å²) < 4.78 is 5.73. The Bertz CT molecular complexity index is 362. The highest BCUT2D eigenvalue weighted by Gasteiger charge is 2.20. The van der Waals surface area contributed by atoms with Crippen molar-refractivity contribution in [2.45, 2.75) is 59.2 Å². The van der Waals surface area contributed by atoms with Gasteiger partial charge in [0.15, 0.2) is 0 Å². The molecule has 1 aromatic rings. The summed E-state index contributed by atoms with van der Waals surface area (Å²) in [4.78, 5) is 8.01. The fourth-order valence-corrected chi connectivity index (χ4v) is 2.07. The second kappa shape index (κ2) is 4.21. The van der Waals surface area contributed by atoms with Gasteiger partial charge in [0, 0.05) is 5.69 Å². The zero-order valence-electron chi connectivity index (χ0n) is 10.8. The fraction of sp³-hybridized carbons (Fsp3) is 0.769. The largest absolute Gasteiger partial charge is 0.368 e. The number of nitrogens with zero attached hydrogens (tertiary/aromatic N) is 1. The number of hydrogen-bond acceptors (Lipinski definition) is 2. The molecular weight excluding hydrogens is 200 g/mol. The first-order valence-corrected chi connectivity index (χ1v) is 6.14. The zero-order chi connectivity index (χ0) is 11.8. The monoisotopic (exact) mass is 222 g/mol. The van der Waals surface area contributed by atoms with Crippen LogP contribution in [-0.4, -0.2) is 15.6 Å². The van der Waals surface area contributed by atoms with E-state index < -0.39 is 0 Å². The third kappa shape index (κ3) is 2.85. The molecule has 0 spiro atoms. The molecule has 0 fully saturated rings. The highest BCUT2D eigenvalue weighted by Crippen LogP contribution is 2.23. The Hall–Kier alpha value is -0.830. The summed E-state index contributed by atoms with van der Waals surface area (Å²) in [6.45, 7) is 9.09. The molecule has 1 heterocycles. The first-order chi connectivity index (χ1) is 7.44. The van der Waals surface area contributed by atoms with Gasteiger partial charge >= 0.3 is 0 Å². The van der Waals surface area contributed by atoms with E-state index in [1.54, 1.807) is 0 Å². The standard InChI is InChI=1S/C13H22N2O/c1-9-5-6-10-11(7-9)15-12(14-10)8-16-13(2,3)4/h9H,5-8H2,1-4H3,(H,14,15). The maximum absolute atomic E-state index is 5.73. The van der Waals surface area contributed by atoms with Crippen LogP contribution in [0.4, 0.5) is 0 Å². The van der Waals surface area contributed by atoms with Crippen molar-refractivity contribution in [3.05, 3.63) is 17.2 Å². The van der Waals surface area contributed by atoms with Crippen LogP contribution in [0.5, 0.6) is 0 Å². The highest BCUT2D eigenvalue weighted by molar-refractivity contribution is 5.18. The summed E-state index contributed by atoms with van der Waals surface area (Å²) in [6, 6.07) is 0. The second-order valence-electron chi connectivity index (χ2n) is 5.86. The molecule has 1 unspecified atom stereocenters. The molecule has 2 rings (SSSR count). The van der Waals surface area contributed by atoms with E-state index >= 15 is 0 Å². The van der Waals surface area contributed by atoms with Crippen LogP contribution in [0.25, 0.3) is 0 Å². The molecule has 0 radical (unpaired) electrons. The average Bonchev–Trinajstić information content (AvgIpc) is 2.55. The first kappa shape index (κ1) is 11.6. The minimum absolute atomic E-state index is 0.0966. The van der Waals surface area contributed by atoms with E-state index in [9.17, 15) is 0 Å². The fourth-order valence-electron chi connectivity index (χ4n) is 2.07. The van der Waals surface area contributed by atoms with Gasteiger partial charge in [0.1, 0.15) is 12.4 Å². The Labute approximate surface area is 97.6 Å². The van der Waals surface area contributed by atoms with Crippen molar-refractivity contribution in [1.82, 2.24) is 9.97 Å². The maximum atomic E-state index is 5.73. The Morgan fingerprint density at radius 3 is 2.88 bits per heavy atom. The number of nitrogens with one attached hydrogen (secondary N) is 1. The third-order valence-electron chi connectivity index (χ3n) is 2.98. The number of aromatic amines is 1. The molecule has 3 heteroatoms. The second-order valence-corrected chi connectivity index (χ2v) is 5.86. The van der Waals surface area contributed by atoms with Gasteiger partial charge in [-0.1, -0.05) is 6.92 Å². The number of ether oxygens (including phenoxy) is 1. The maximum Gasteiger partial charge on any atom is 0.132 e. The molecule has 1 N–H and O–H groups in total. The molecule has 1 aromatic heterocycles. The summed E-state index contributed by atoms with van der Waals surface area (Å²) >= 11 is 0. The van der Waals surface area contributed by atoms with E-state index in [1.807, 2.05) is 0 Å². The lowest BCUT2D eigenvalue weighted by Gasteiger charge is -2.18. The quantitative estimate of drug-likeness (QED) is 0.835. The smallest absolute Gasteiger partial charge is 0.132 e. The van der Waals surface area contributed by atoms with Gasteiger partial charge in [0.05, 0.1) is 11.3 Å². The first-order valence-electron chi connectivity index (χ1n) is 6.14. The molecule has 1 atom stereocenters. The number of fused-ring (bicyclic) bond motifs is 1. The molecule has 0 saturated carbocycles. The van der Waals surface area contributed by atoms with Crippen molar-refractivity contribution in [2.24, 2.45) is 5.92 Å². The van der Waals surface area contributed by atoms with Gasteiger partial charge in [-0.3, -0.25) is 0 Å². The average molecular weight is 222 g/mol. The SMILES string of the molecule is CC1CCc2nc(COC(C)(C)C)[nH]c2C1. The van der Waals surface area contributed by atoms with E-state index in [4.69, 9.17) is 4.74 Å². The molecule has 16 heavy (non-hydrogen) atoms. The summed E-state index contributed by atoms with van der Waals surface area (Å²) in [5.41, 5.74) is 2.48. The van der Waals surface area contributed by atoms with Gasteiger partial charge in [0.2, 0.25) is 0 Å². The molecule has 0 saturated heterocycles. The van der Waals surface area contributed by atoms with Crippen molar-refractivity contribution >= 4 is 0 Å². The Balaban J connectivity index is 2.02. The van der Waals surface area contributed by atoms with E-state index in [2.05, 4.69) is 37.7 Å². The van der Waals surface area contributed by atoms with Crippen LogP contribution in [-0.2, 0) is 24.2 Å². The minimum Gasteiger partial charge on any atom is -0.368 e. The van der Waals surface area contributed by atoms with E-state index in [-0.39, 0.29) is 5.60 Å². The molecule has 0 aromatic carbocycles. The summed E-state index contributed by atoms with van der Waals surface area (Å²) in [5.74, 6) is 1.76. The number of imidazole rings is 1. The molecule has 90 valence electrons. The Morgan fingerprint density at radius 2 is 2.19 bits per heavy atom. The predicted octanol–water partition coefficient (Wildman–Crippen LogP) is 2.85. The van der Waals surface area contributed by atoms with Crippen molar-refractivity contribution in [1.29, 1.82) is 0 Å². The number of H-pyrrole nitrogens is 1. The van der Waals surface area contributed by atoms with E-state index in [0.717, 1.165) is 24.6 Å².